The molecule has 3 aliphatic rings. The molecule has 1 aromatic heterocycles. The number of sulfonamides is 1. The van der Waals surface area contributed by atoms with E-state index in [-0.39, 0.29) is 23.3 Å². The highest BCUT2D eigenvalue weighted by molar-refractivity contribution is 7.89. The number of carbonyl (C=O) groups is 1. The molecule has 2 unspecified atom stereocenters. The van der Waals surface area contributed by atoms with Gasteiger partial charge in [-0.2, -0.15) is 4.31 Å². The zero-order chi connectivity index (χ0) is 27.9. The van der Waals surface area contributed by atoms with Crippen LogP contribution in [0.25, 0.3) is 0 Å². The SMILES string of the molecule is Cc1ccc(S(=O)(=O)N2CCn3cccc3C2CC(=O)NC2CCCc3cc(CN4CCCC4)ccc32)cc1Cl. The van der Waals surface area contributed by atoms with Crippen LogP contribution in [0.15, 0.2) is 59.6 Å². The van der Waals surface area contributed by atoms with Gasteiger partial charge in [0.15, 0.2) is 0 Å². The fourth-order valence-corrected chi connectivity index (χ4v) is 8.41. The fourth-order valence-electron chi connectivity index (χ4n) is 6.55. The Balaban J connectivity index is 1.21. The summed E-state index contributed by atoms with van der Waals surface area (Å²) < 4.78 is 31.1. The predicted octanol–water partition coefficient (Wildman–Crippen LogP) is 5.38. The van der Waals surface area contributed by atoms with Gasteiger partial charge in [0.25, 0.3) is 0 Å². The molecule has 7 nitrogen and oxygen atoms in total. The molecule has 1 aliphatic carbocycles. The van der Waals surface area contributed by atoms with Crippen molar-refractivity contribution >= 4 is 27.5 Å². The van der Waals surface area contributed by atoms with Gasteiger partial charge in [0, 0.05) is 43.0 Å². The number of fused-ring (bicyclic) bond motifs is 2. The van der Waals surface area contributed by atoms with Crippen LogP contribution in [0.1, 0.15) is 72.1 Å². The molecule has 1 amide bonds. The van der Waals surface area contributed by atoms with Gasteiger partial charge in [-0.1, -0.05) is 35.9 Å². The quantitative estimate of drug-likeness (QED) is 0.407. The Morgan fingerprint density at radius 2 is 1.85 bits per heavy atom. The molecule has 1 N–H and O–H groups in total. The number of hydrogen-bond donors (Lipinski definition) is 1. The summed E-state index contributed by atoms with van der Waals surface area (Å²) in [4.78, 5) is 16.2. The fraction of sp³-hybridized carbons (Fsp3) is 0.452. The first-order valence-electron chi connectivity index (χ1n) is 14.4. The molecule has 2 atom stereocenters. The highest BCUT2D eigenvalue weighted by Gasteiger charge is 2.38. The summed E-state index contributed by atoms with van der Waals surface area (Å²) in [7, 11) is -3.86. The molecule has 6 rings (SSSR count). The minimum atomic E-state index is -3.86. The molecule has 2 aromatic carbocycles. The Labute approximate surface area is 242 Å². The maximum atomic E-state index is 13.8. The minimum absolute atomic E-state index is 0.0573. The number of hydrogen-bond acceptors (Lipinski definition) is 4. The molecule has 0 spiro atoms. The van der Waals surface area contributed by atoms with Crippen molar-refractivity contribution in [2.24, 2.45) is 0 Å². The molecule has 0 radical (unpaired) electrons. The first-order valence-corrected chi connectivity index (χ1v) is 16.2. The smallest absolute Gasteiger partial charge is 0.243 e. The van der Waals surface area contributed by atoms with Crippen molar-refractivity contribution in [1.82, 2.24) is 19.1 Å². The van der Waals surface area contributed by atoms with Crippen molar-refractivity contribution in [3.05, 3.63) is 87.7 Å². The van der Waals surface area contributed by atoms with Gasteiger partial charge < -0.3 is 9.88 Å². The topological polar surface area (TPSA) is 74.6 Å². The highest BCUT2D eigenvalue weighted by Crippen LogP contribution is 2.36. The van der Waals surface area contributed by atoms with Gasteiger partial charge in [0.05, 0.1) is 17.0 Å². The largest absolute Gasteiger partial charge is 0.349 e. The third kappa shape index (κ3) is 5.47. The Kier molecular flexibility index (Phi) is 7.79. The summed E-state index contributed by atoms with van der Waals surface area (Å²) in [5.74, 6) is -0.138. The third-order valence-corrected chi connectivity index (χ3v) is 11.0. The van der Waals surface area contributed by atoms with Crippen LogP contribution >= 0.6 is 11.6 Å². The van der Waals surface area contributed by atoms with E-state index < -0.39 is 16.1 Å². The molecular weight excluding hydrogens is 544 g/mol. The lowest BCUT2D eigenvalue weighted by Crippen LogP contribution is -2.44. The van der Waals surface area contributed by atoms with Crippen molar-refractivity contribution in [2.75, 3.05) is 19.6 Å². The van der Waals surface area contributed by atoms with E-state index in [1.165, 1.54) is 53.0 Å². The van der Waals surface area contributed by atoms with Crippen molar-refractivity contribution in [3.63, 3.8) is 0 Å². The summed E-state index contributed by atoms with van der Waals surface area (Å²) in [6, 6.07) is 14.7. The number of carbonyl (C=O) groups excluding carboxylic acids is 1. The van der Waals surface area contributed by atoms with Crippen LogP contribution in [0, 0.1) is 6.92 Å². The lowest BCUT2D eigenvalue weighted by molar-refractivity contribution is -0.123. The molecule has 0 saturated carbocycles. The average Bonchev–Trinajstić information content (AvgIpc) is 3.63. The van der Waals surface area contributed by atoms with Crippen molar-refractivity contribution in [2.45, 2.75) is 75.5 Å². The third-order valence-electron chi connectivity index (χ3n) is 8.71. The van der Waals surface area contributed by atoms with E-state index in [0.717, 1.165) is 37.1 Å². The maximum absolute atomic E-state index is 13.8. The van der Waals surface area contributed by atoms with Crippen LogP contribution in [0.3, 0.4) is 0 Å². The van der Waals surface area contributed by atoms with E-state index >= 15 is 0 Å². The van der Waals surface area contributed by atoms with Crippen LogP contribution in [0.2, 0.25) is 5.02 Å². The molecule has 1 fully saturated rings. The number of aryl methyl sites for hydroxylation is 2. The highest BCUT2D eigenvalue weighted by atomic mass is 35.5. The summed E-state index contributed by atoms with van der Waals surface area (Å²) >= 11 is 6.29. The van der Waals surface area contributed by atoms with Gasteiger partial charge in [-0.05, 0) is 98.6 Å². The van der Waals surface area contributed by atoms with Gasteiger partial charge >= 0.3 is 0 Å². The average molecular weight is 581 g/mol. The number of rotatable bonds is 7. The van der Waals surface area contributed by atoms with Crippen LogP contribution in [0.5, 0.6) is 0 Å². The van der Waals surface area contributed by atoms with E-state index in [1.807, 2.05) is 29.8 Å². The zero-order valence-electron chi connectivity index (χ0n) is 23.0. The maximum Gasteiger partial charge on any atom is 0.243 e. The van der Waals surface area contributed by atoms with Crippen LogP contribution in [-0.2, 0) is 34.3 Å². The first kappa shape index (κ1) is 27.5. The Morgan fingerprint density at radius 3 is 2.65 bits per heavy atom. The van der Waals surface area contributed by atoms with Gasteiger partial charge in [0.1, 0.15) is 0 Å². The van der Waals surface area contributed by atoms with Gasteiger partial charge in [-0.3, -0.25) is 9.69 Å². The Morgan fingerprint density at radius 1 is 1.02 bits per heavy atom. The van der Waals surface area contributed by atoms with Gasteiger partial charge in [-0.25, -0.2) is 8.42 Å². The van der Waals surface area contributed by atoms with Crippen molar-refractivity contribution < 1.29 is 13.2 Å². The number of amides is 1. The lowest BCUT2D eigenvalue weighted by atomic mass is 9.86. The van der Waals surface area contributed by atoms with E-state index in [4.69, 9.17) is 11.6 Å². The molecular formula is C31H37ClN4O3S. The normalized spacial score (nSPS) is 21.6. The molecule has 1 saturated heterocycles. The van der Waals surface area contributed by atoms with Crippen molar-refractivity contribution in [1.29, 1.82) is 0 Å². The second-order valence-electron chi connectivity index (χ2n) is 11.4. The Hall–Kier alpha value is -2.65. The first-order chi connectivity index (χ1) is 19.3. The molecule has 0 bridgehead atoms. The van der Waals surface area contributed by atoms with E-state index in [2.05, 4.69) is 28.4 Å². The van der Waals surface area contributed by atoms with E-state index in [0.29, 0.717) is 18.1 Å². The molecule has 3 heterocycles. The van der Waals surface area contributed by atoms with Crippen LogP contribution in [0.4, 0.5) is 0 Å². The molecule has 2 aliphatic heterocycles. The summed E-state index contributed by atoms with van der Waals surface area (Å²) in [6.45, 7) is 6.00. The molecule has 212 valence electrons. The summed E-state index contributed by atoms with van der Waals surface area (Å²) in [5.41, 5.74) is 5.50. The van der Waals surface area contributed by atoms with E-state index in [1.54, 1.807) is 12.1 Å². The standard InChI is InChI=1S/C31H37ClN4O3S/c1-22-9-11-25(19-27(22)32)40(38,39)36-17-16-35-15-5-8-29(35)30(36)20-31(37)33-28-7-4-6-24-18-23(10-12-26(24)28)21-34-13-2-3-14-34/h5,8-12,15,18-19,28,30H,2-4,6-7,13-14,16-17,20-21H2,1H3,(H,33,37). The van der Waals surface area contributed by atoms with Crippen LogP contribution < -0.4 is 5.32 Å². The van der Waals surface area contributed by atoms with Gasteiger partial charge in [0.2, 0.25) is 15.9 Å². The Bertz CT molecular complexity index is 1510. The number of nitrogens with one attached hydrogen (secondary N) is 1. The molecule has 40 heavy (non-hydrogen) atoms. The van der Waals surface area contributed by atoms with Crippen molar-refractivity contribution in [3.8, 4) is 0 Å². The number of aromatic nitrogens is 1. The second kappa shape index (κ2) is 11.3. The zero-order valence-corrected chi connectivity index (χ0v) is 24.6. The molecule has 3 aromatic rings. The number of likely N-dealkylation sites (tertiary alicyclic amines) is 1. The predicted molar refractivity (Wildman–Crippen MR) is 157 cm³/mol. The minimum Gasteiger partial charge on any atom is -0.349 e. The monoisotopic (exact) mass is 580 g/mol. The summed E-state index contributed by atoms with van der Waals surface area (Å²) in [6.07, 6.45) is 7.49. The lowest BCUT2D eigenvalue weighted by Gasteiger charge is -2.36. The van der Waals surface area contributed by atoms with Gasteiger partial charge in [-0.15, -0.1) is 0 Å². The number of halogens is 1. The number of benzene rings is 2. The van der Waals surface area contributed by atoms with Crippen LogP contribution in [-0.4, -0.2) is 47.7 Å². The second-order valence-corrected chi connectivity index (χ2v) is 13.7. The van der Waals surface area contributed by atoms with E-state index in [9.17, 15) is 13.2 Å². The molecule has 9 heteroatoms. The number of nitrogens with zero attached hydrogens (tertiary/aromatic N) is 3. The summed E-state index contributed by atoms with van der Waals surface area (Å²) in [5, 5.41) is 3.68.